The van der Waals surface area contributed by atoms with Crippen LogP contribution in [0, 0.1) is 20.8 Å². The maximum absolute atomic E-state index is 11.6. The molecule has 5 heteroatoms. The van der Waals surface area contributed by atoms with Crippen LogP contribution in [0.15, 0.2) is 11.4 Å². The normalized spacial score (nSPS) is 10.6. The summed E-state index contributed by atoms with van der Waals surface area (Å²) in [5.74, 6) is -0.308. The molecule has 0 saturated carbocycles. The molecule has 0 saturated heterocycles. The van der Waals surface area contributed by atoms with E-state index in [2.05, 4.69) is 4.98 Å². The maximum Gasteiger partial charge on any atom is 0.339 e. The Kier molecular flexibility index (Phi) is 3.02. The van der Waals surface area contributed by atoms with Gasteiger partial charge in [-0.05, 0) is 26.8 Å². The average Bonchev–Trinajstić information content (AvgIpc) is 2.82. The first-order chi connectivity index (χ1) is 8.04. The number of carbonyl (C=O) groups is 1. The van der Waals surface area contributed by atoms with Gasteiger partial charge in [0.15, 0.2) is 5.13 Å². The van der Waals surface area contributed by atoms with Crippen molar-refractivity contribution in [2.75, 3.05) is 7.11 Å². The highest BCUT2D eigenvalue weighted by Crippen LogP contribution is 2.23. The number of esters is 1. The van der Waals surface area contributed by atoms with E-state index in [1.54, 1.807) is 11.3 Å². The maximum atomic E-state index is 11.6. The zero-order chi connectivity index (χ0) is 12.6. The lowest BCUT2D eigenvalue weighted by atomic mass is 10.2. The van der Waals surface area contributed by atoms with Crippen LogP contribution in [0.3, 0.4) is 0 Å². The van der Waals surface area contributed by atoms with E-state index in [-0.39, 0.29) is 5.97 Å². The molecule has 2 aromatic rings. The number of ether oxygens (including phenoxy) is 1. The van der Waals surface area contributed by atoms with Gasteiger partial charge in [0.05, 0.1) is 18.4 Å². The Labute approximate surface area is 104 Å². The molecular weight excluding hydrogens is 236 g/mol. The minimum Gasteiger partial charge on any atom is -0.465 e. The van der Waals surface area contributed by atoms with Gasteiger partial charge in [-0.3, -0.25) is 4.57 Å². The molecule has 90 valence electrons. The van der Waals surface area contributed by atoms with E-state index in [4.69, 9.17) is 4.74 Å². The fraction of sp³-hybridized carbons (Fsp3) is 0.333. The fourth-order valence-electron chi connectivity index (χ4n) is 1.82. The van der Waals surface area contributed by atoms with Crippen molar-refractivity contribution in [3.8, 4) is 5.13 Å². The van der Waals surface area contributed by atoms with E-state index in [0.717, 1.165) is 22.2 Å². The quantitative estimate of drug-likeness (QED) is 0.770. The number of hydrogen-bond acceptors (Lipinski definition) is 4. The Morgan fingerprint density at radius 1 is 1.41 bits per heavy atom. The number of nitrogens with zero attached hydrogens (tertiary/aromatic N) is 2. The Morgan fingerprint density at radius 2 is 2.12 bits per heavy atom. The van der Waals surface area contributed by atoms with Crippen molar-refractivity contribution in [3.05, 3.63) is 34.1 Å². The van der Waals surface area contributed by atoms with Gasteiger partial charge >= 0.3 is 5.97 Å². The van der Waals surface area contributed by atoms with E-state index >= 15 is 0 Å². The number of aryl methyl sites for hydroxylation is 2. The van der Waals surface area contributed by atoms with Gasteiger partial charge in [0, 0.05) is 16.8 Å². The molecule has 2 aromatic heterocycles. The third-order valence-corrected chi connectivity index (χ3v) is 3.58. The van der Waals surface area contributed by atoms with Gasteiger partial charge in [-0.1, -0.05) is 0 Å². The van der Waals surface area contributed by atoms with Crippen molar-refractivity contribution in [2.45, 2.75) is 20.8 Å². The summed E-state index contributed by atoms with van der Waals surface area (Å²) in [6, 6.07) is 1.83. The highest BCUT2D eigenvalue weighted by molar-refractivity contribution is 7.12. The second-order valence-electron chi connectivity index (χ2n) is 3.88. The van der Waals surface area contributed by atoms with E-state index < -0.39 is 0 Å². The molecule has 0 spiro atoms. The molecule has 0 unspecified atom stereocenters. The van der Waals surface area contributed by atoms with E-state index in [1.165, 1.54) is 7.11 Å². The number of hydrogen-bond donors (Lipinski definition) is 0. The fourth-order valence-corrected chi connectivity index (χ4v) is 2.73. The van der Waals surface area contributed by atoms with Crippen LogP contribution in [-0.2, 0) is 4.74 Å². The summed E-state index contributed by atoms with van der Waals surface area (Å²) >= 11 is 1.56. The minimum absolute atomic E-state index is 0.308. The molecule has 0 N–H and O–H groups in total. The SMILES string of the molecule is COC(=O)c1cc(C)n(-c2nc(C)cs2)c1C. The zero-order valence-corrected chi connectivity index (χ0v) is 11.1. The van der Waals surface area contributed by atoms with E-state index in [9.17, 15) is 4.79 Å². The predicted molar refractivity (Wildman–Crippen MR) is 67.0 cm³/mol. The molecule has 0 aliphatic rings. The highest BCUT2D eigenvalue weighted by atomic mass is 32.1. The Bertz CT molecular complexity index is 569. The second-order valence-corrected chi connectivity index (χ2v) is 4.72. The molecule has 0 atom stereocenters. The minimum atomic E-state index is -0.308. The molecule has 0 aromatic carbocycles. The van der Waals surface area contributed by atoms with Gasteiger partial charge in [0.2, 0.25) is 0 Å². The Balaban J connectivity index is 2.56. The summed E-state index contributed by atoms with van der Waals surface area (Å²) in [4.78, 5) is 16.0. The van der Waals surface area contributed by atoms with E-state index in [0.29, 0.717) is 5.56 Å². The van der Waals surface area contributed by atoms with Crippen LogP contribution in [-0.4, -0.2) is 22.6 Å². The molecule has 0 amide bonds. The van der Waals surface area contributed by atoms with Gasteiger partial charge in [-0.15, -0.1) is 11.3 Å². The van der Waals surface area contributed by atoms with E-state index in [1.807, 2.05) is 36.8 Å². The van der Waals surface area contributed by atoms with Crippen LogP contribution in [0.2, 0.25) is 0 Å². The number of aromatic nitrogens is 2. The van der Waals surface area contributed by atoms with Crippen molar-refractivity contribution >= 4 is 17.3 Å². The molecule has 0 fully saturated rings. The molecule has 17 heavy (non-hydrogen) atoms. The monoisotopic (exact) mass is 250 g/mol. The summed E-state index contributed by atoms with van der Waals surface area (Å²) in [5.41, 5.74) is 3.43. The van der Waals surface area contributed by atoms with Crippen molar-refractivity contribution < 1.29 is 9.53 Å². The zero-order valence-electron chi connectivity index (χ0n) is 10.3. The lowest BCUT2D eigenvalue weighted by molar-refractivity contribution is 0.0600. The van der Waals surface area contributed by atoms with Gasteiger partial charge in [0.25, 0.3) is 0 Å². The van der Waals surface area contributed by atoms with Gasteiger partial charge in [-0.25, -0.2) is 9.78 Å². The summed E-state index contributed by atoms with van der Waals surface area (Å²) in [5, 5.41) is 2.87. The predicted octanol–water partition coefficient (Wildman–Crippen LogP) is 2.65. The highest BCUT2D eigenvalue weighted by Gasteiger charge is 2.18. The topological polar surface area (TPSA) is 44.1 Å². The molecule has 0 aliphatic heterocycles. The average molecular weight is 250 g/mol. The van der Waals surface area contributed by atoms with Crippen LogP contribution < -0.4 is 0 Å². The van der Waals surface area contributed by atoms with Gasteiger partial charge in [0.1, 0.15) is 0 Å². The van der Waals surface area contributed by atoms with Gasteiger partial charge in [-0.2, -0.15) is 0 Å². The Morgan fingerprint density at radius 3 is 2.65 bits per heavy atom. The standard InChI is InChI=1S/C12H14N2O2S/c1-7-6-17-12(13-7)14-8(2)5-10(9(14)3)11(15)16-4/h5-6H,1-4H3. The second kappa shape index (κ2) is 4.33. The summed E-state index contributed by atoms with van der Waals surface area (Å²) in [6.07, 6.45) is 0. The molecule has 2 rings (SSSR count). The lowest BCUT2D eigenvalue weighted by Gasteiger charge is -2.04. The van der Waals surface area contributed by atoms with Crippen LogP contribution in [0.4, 0.5) is 0 Å². The summed E-state index contributed by atoms with van der Waals surface area (Å²) < 4.78 is 6.73. The molecule has 4 nitrogen and oxygen atoms in total. The number of thiazole rings is 1. The number of rotatable bonds is 2. The number of carbonyl (C=O) groups excluding carboxylic acids is 1. The van der Waals surface area contributed by atoms with Crippen molar-refractivity contribution in [1.29, 1.82) is 0 Å². The van der Waals surface area contributed by atoms with Crippen LogP contribution in [0.25, 0.3) is 5.13 Å². The van der Waals surface area contributed by atoms with Crippen LogP contribution in [0.5, 0.6) is 0 Å². The van der Waals surface area contributed by atoms with Gasteiger partial charge < -0.3 is 4.74 Å². The first-order valence-electron chi connectivity index (χ1n) is 5.24. The largest absolute Gasteiger partial charge is 0.465 e. The third kappa shape index (κ3) is 1.98. The molecule has 0 radical (unpaired) electrons. The smallest absolute Gasteiger partial charge is 0.339 e. The van der Waals surface area contributed by atoms with Crippen molar-refractivity contribution in [1.82, 2.24) is 9.55 Å². The number of methoxy groups -OCH3 is 1. The summed E-state index contributed by atoms with van der Waals surface area (Å²) in [6.45, 7) is 5.81. The Hall–Kier alpha value is -1.62. The first-order valence-corrected chi connectivity index (χ1v) is 6.12. The lowest BCUT2D eigenvalue weighted by Crippen LogP contribution is -2.04. The first kappa shape index (κ1) is 11.9. The van der Waals surface area contributed by atoms with Crippen LogP contribution in [0.1, 0.15) is 27.4 Å². The molecule has 2 heterocycles. The third-order valence-electron chi connectivity index (χ3n) is 2.63. The summed E-state index contributed by atoms with van der Waals surface area (Å²) in [7, 11) is 1.39. The molecule has 0 bridgehead atoms. The van der Waals surface area contributed by atoms with Crippen LogP contribution >= 0.6 is 11.3 Å². The van der Waals surface area contributed by atoms with Crippen molar-refractivity contribution in [3.63, 3.8) is 0 Å². The molecule has 0 aliphatic carbocycles. The van der Waals surface area contributed by atoms with Crippen molar-refractivity contribution in [2.24, 2.45) is 0 Å². The molecular formula is C12H14N2O2S.